The molecule has 182 valence electrons. The fourth-order valence-corrected chi connectivity index (χ4v) is 5.53. The Bertz CT molecular complexity index is 1610. The van der Waals surface area contributed by atoms with Gasteiger partial charge in [-0.15, -0.1) is 28.8 Å². The summed E-state index contributed by atoms with van der Waals surface area (Å²) in [5.41, 5.74) is 3.48. The number of tetrazole rings is 1. The second-order valence-electron chi connectivity index (χ2n) is 8.16. The Kier molecular flexibility index (Phi) is 6.29. The van der Waals surface area contributed by atoms with Gasteiger partial charge >= 0.3 is 5.97 Å². The van der Waals surface area contributed by atoms with Crippen LogP contribution in [0.15, 0.2) is 58.7 Å². The number of rotatable bonds is 5. The molecule has 5 heterocycles. The van der Waals surface area contributed by atoms with E-state index in [1.54, 1.807) is 41.1 Å². The van der Waals surface area contributed by atoms with E-state index < -0.39 is 5.97 Å². The van der Waals surface area contributed by atoms with Crippen molar-refractivity contribution in [3.63, 3.8) is 0 Å². The Morgan fingerprint density at radius 3 is 2.81 bits per heavy atom. The molecule has 0 spiro atoms. The van der Waals surface area contributed by atoms with Crippen LogP contribution in [0.2, 0.25) is 5.02 Å². The average Bonchev–Trinajstić information content (AvgIpc) is 3.64. The Hall–Kier alpha value is -3.67. The number of aromatic carboxylic acids is 1. The number of carboxylic acid groups (broad SMARTS) is 1. The highest BCUT2D eigenvalue weighted by Gasteiger charge is 2.31. The van der Waals surface area contributed by atoms with Gasteiger partial charge in [0, 0.05) is 46.3 Å². The Labute approximate surface area is 219 Å². The number of allylic oxidation sites excluding steroid dienone is 1. The van der Waals surface area contributed by atoms with Crippen LogP contribution < -0.4 is 5.56 Å². The van der Waals surface area contributed by atoms with Gasteiger partial charge in [-0.05, 0) is 52.8 Å². The number of thiophene rings is 1. The van der Waals surface area contributed by atoms with Crippen LogP contribution in [0.4, 0.5) is 0 Å². The molecule has 2 aliphatic heterocycles. The maximum atomic E-state index is 13.3. The molecule has 1 atom stereocenters. The number of hydrogen-bond donors (Lipinski definition) is 1. The van der Waals surface area contributed by atoms with E-state index in [0.29, 0.717) is 47.1 Å². The summed E-state index contributed by atoms with van der Waals surface area (Å²) < 4.78 is 3.21. The summed E-state index contributed by atoms with van der Waals surface area (Å²) in [5, 5.41) is 21.0. The fourth-order valence-electron chi connectivity index (χ4n) is 4.51. The Balaban J connectivity index is 0.00000267. The smallest absolute Gasteiger partial charge is 0.345 e. The molecule has 6 rings (SSSR count). The molecular weight excluding hydrogens is 525 g/mol. The first-order valence-corrected chi connectivity index (χ1v) is 11.9. The van der Waals surface area contributed by atoms with E-state index in [1.807, 2.05) is 0 Å². The van der Waals surface area contributed by atoms with Crippen molar-refractivity contribution < 1.29 is 9.90 Å². The van der Waals surface area contributed by atoms with Crippen LogP contribution >= 0.6 is 35.3 Å². The fraction of sp³-hybridized carbons (Fsp3) is 0.174. The summed E-state index contributed by atoms with van der Waals surface area (Å²) >= 11 is 7.48. The molecule has 0 radical (unpaired) electrons. The molecule has 0 aliphatic carbocycles. The summed E-state index contributed by atoms with van der Waals surface area (Å²) in [6.07, 6.45) is 5.15. The largest absolute Gasteiger partial charge is 0.477 e. The number of aryl methyl sites for hydroxylation is 1. The first kappa shape index (κ1) is 24.0. The summed E-state index contributed by atoms with van der Waals surface area (Å²) in [7, 11) is 0. The van der Waals surface area contributed by atoms with Crippen LogP contribution in [0.5, 0.6) is 0 Å². The lowest BCUT2D eigenvalue weighted by molar-refractivity contribution is 0.0702. The zero-order valence-corrected chi connectivity index (χ0v) is 20.8. The van der Waals surface area contributed by atoms with E-state index in [0.717, 1.165) is 16.2 Å². The SMILES string of the molecule is Cl.O=C(O)c1ccc(C2=CN=C([C@@H]3CCc4nc(-c5cc(Cl)ccc5-n5cnnn5)cc(=O)n43)C2)s1. The lowest BCUT2D eigenvalue weighted by atomic mass is 10.0. The summed E-state index contributed by atoms with van der Waals surface area (Å²) in [4.78, 5) is 35.1. The van der Waals surface area contributed by atoms with Gasteiger partial charge in [0.05, 0.1) is 17.4 Å². The van der Waals surface area contributed by atoms with Crippen LogP contribution in [-0.2, 0) is 6.42 Å². The number of hydrogen-bond acceptors (Lipinski definition) is 8. The van der Waals surface area contributed by atoms with Gasteiger partial charge in [0.25, 0.3) is 5.56 Å². The lowest BCUT2D eigenvalue weighted by Gasteiger charge is -2.16. The Morgan fingerprint density at radius 2 is 2.06 bits per heavy atom. The van der Waals surface area contributed by atoms with Crippen molar-refractivity contribution in [2.75, 3.05) is 0 Å². The molecule has 0 unspecified atom stereocenters. The number of aromatic nitrogens is 6. The zero-order chi connectivity index (χ0) is 24.1. The van der Waals surface area contributed by atoms with Gasteiger partial charge in [-0.25, -0.2) is 9.78 Å². The van der Waals surface area contributed by atoms with Gasteiger partial charge in [0.2, 0.25) is 0 Å². The van der Waals surface area contributed by atoms with Gasteiger partial charge in [0.15, 0.2) is 0 Å². The third-order valence-corrected chi connectivity index (χ3v) is 7.47. The lowest BCUT2D eigenvalue weighted by Crippen LogP contribution is -2.28. The number of aliphatic imine (C=N–C) groups is 1. The monoisotopic (exact) mass is 541 g/mol. The maximum absolute atomic E-state index is 13.3. The van der Waals surface area contributed by atoms with E-state index in [1.165, 1.54) is 28.4 Å². The van der Waals surface area contributed by atoms with Crippen molar-refractivity contribution in [3.05, 3.63) is 79.9 Å². The molecule has 0 amide bonds. The average molecular weight is 542 g/mol. The predicted octanol–water partition coefficient (Wildman–Crippen LogP) is 4.09. The normalized spacial score (nSPS) is 16.3. The zero-order valence-electron chi connectivity index (χ0n) is 18.4. The van der Waals surface area contributed by atoms with Gasteiger partial charge in [-0.1, -0.05) is 11.6 Å². The maximum Gasteiger partial charge on any atom is 0.345 e. The number of halogens is 2. The number of benzene rings is 1. The van der Waals surface area contributed by atoms with E-state index >= 15 is 0 Å². The highest BCUT2D eigenvalue weighted by molar-refractivity contribution is 7.15. The van der Waals surface area contributed by atoms with Crippen LogP contribution in [0.25, 0.3) is 22.5 Å². The van der Waals surface area contributed by atoms with Gasteiger partial charge < -0.3 is 5.11 Å². The predicted molar refractivity (Wildman–Crippen MR) is 138 cm³/mol. The third-order valence-electron chi connectivity index (χ3n) is 6.08. The molecule has 2 aliphatic rings. The van der Waals surface area contributed by atoms with Crippen molar-refractivity contribution in [1.82, 2.24) is 29.8 Å². The van der Waals surface area contributed by atoms with Crippen LogP contribution in [0.3, 0.4) is 0 Å². The molecule has 1 N–H and O–H groups in total. The van der Waals surface area contributed by atoms with Gasteiger partial charge in [0.1, 0.15) is 17.0 Å². The molecule has 0 saturated carbocycles. The van der Waals surface area contributed by atoms with Crippen molar-refractivity contribution >= 4 is 52.6 Å². The Morgan fingerprint density at radius 1 is 1.19 bits per heavy atom. The molecule has 1 aromatic carbocycles. The van der Waals surface area contributed by atoms with Crippen molar-refractivity contribution in [1.29, 1.82) is 0 Å². The van der Waals surface area contributed by atoms with E-state index in [9.17, 15) is 14.7 Å². The first-order chi connectivity index (χ1) is 17.0. The minimum Gasteiger partial charge on any atom is -0.477 e. The summed E-state index contributed by atoms with van der Waals surface area (Å²) in [6, 6.07) is 9.97. The molecular formula is C23H17Cl2N7O3S. The molecule has 0 bridgehead atoms. The highest BCUT2D eigenvalue weighted by atomic mass is 35.5. The minimum atomic E-state index is -0.943. The van der Waals surface area contributed by atoms with Gasteiger partial charge in [-0.2, -0.15) is 4.68 Å². The molecule has 0 fully saturated rings. The quantitative estimate of drug-likeness (QED) is 0.402. The number of nitrogens with zero attached hydrogens (tertiary/aromatic N) is 7. The molecule has 13 heteroatoms. The molecule has 36 heavy (non-hydrogen) atoms. The second-order valence-corrected chi connectivity index (χ2v) is 9.68. The minimum absolute atomic E-state index is 0. The van der Waals surface area contributed by atoms with Crippen molar-refractivity contribution in [2.24, 2.45) is 4.99 Å². The van der Waals surface area contributed by atoms with E-state index in [-0.39, 0.29) is 28.9 Å². The van der Waals surface area contributed by atoms with Crippen molar-refractivity contribution in [3.8, 4) is 16.9 Å². The first-order valence-electron chi connectivity index (χ1n) is 10.7. The number of carbonyl (C=O) groups is 1. The van der Waals surface area contributed by atoms with Crippen LogP contribution in [-0.4, -0.2) is 46.5 Å². The van der Waals surface area contributed by atoms with Gasteiger partial charge in [-0.3, -0.25) is 14.4 Å². The van der Waals surface area contributed by atoms with Crippen molar-refractivity contribution in [2.45, 2.75) is 25.3 Å². The third kappa shape index (κ3) is 4.15. The molecule has 3 aromatic heterocycles. The summed E-state index contributed by atoms with van der Waals surface area (Å²) in [6.45, 7) is 0. The standard InChI is InChI=1S/C23H16ClN7O3S.ClH/c24-13-1-2-17(30-11-26-28-29-30)14(8-13)15-9-22(32)31-18(3-6-21(31)27-15)16-7-12(10-25-16)19-4-5-20(35-19)23(33)34;/h1-2,4-5,8-11,18H,3,6-7H2,(H,33,34);1H/t18-;/m0./s1. The number of fused-ring (bicyclic) bond motifs is 1. The summed E-state index contributed by atoms with van der Waals surface area (Å²) in [5.74, 6) is -0.261. The molecule has 10 nitrogen and oxygen atoms in total. The van der Waals surface area contributed by atoms with E-state index in [2.05, 4.69) is 20.5 Å². The molecule has 0 saturated heterocycles. The van der Waals surface area contributed by atoms with Crippen LogP contribution in [0.1, 0.15) is 39.3 Å². The topological polar surface area (TPSA) is 128 Å². The number of carboxylic acids is 1. The highest BCUT2D eigenvalue weighted by Crippen LogP contribution is 2.36. The van der Waals surface area contributed by atoms with Crippen LogP contribution in [0, 0.1) is 0 Å². The van der Waals surface area contributed by atoms with E-state index in [4.69, 9.17) is 16.6 Å². The molecule has 4 aromatic rings. The second kappa shape index (κ2) is 9.41.